The van der Waals surface area contributed by atoms with Crippen molar-refractivity contribution in [3.05, 3.63) is 35.1 Å². The molecule has 1 aromatic carbocycles. The van der Waals surface area contributed by atoms with E-state index in [2.05, 4.69) is 4.90 Å². The van der Waals surface area contributed by atoms with Crippen molar-refractivity contribution in [2.75, 3.05) is 7.11 Å². The maximum absolute atomic E-state index is 15.1. The Labute approximate surface area is 152 Å². The average molecular weight is 357 g/mol. The van der Waals surface area contributed by atoms with Gasteiger partial charge < -0.3 is 9.64 Å². The monoisotopic (exact) mass is 357 g/mol. The number of piperidine rings is 1. The van der Waals surface area contributed by atoms with E-state index in [0.29, 0.717) is 17.5 Å². The Morgan fingerprint density at radius 1 is 1.15 bits per heavy atom. The molecule has 0 aromatic heterocycles. The van der Waals surface area contributed by atoms with E-state index < -0.39 is 11.8 Å². The van der Waals surface area contributed by atoms with Gasteiger partial charge in [-0.3, -0.25) is 4.79 Å². The first-order valence-corrected chi connectivity index (χ1v) is 9.73. The Bertz CT molecular complexity index is 774. The first-order chi connectivity index (χ1) is 12.5. The molecular weight excluding hydrogens is 333 g/mol. The molecular formula is C21H24FNO3. The Morgan fingerprint density at radius 3 is 2.54 bits per heavy atom. The third-order valence-electron chi connectivity index (χ3n) is 7.38. The third-order valence-corrected chi connectivity index (χ3v) is 7.38. The minimum atomic E-state index is -0.647. The highest BCUT2D eigenvalue weighted by atomic mass is 19.1. The number of hydrogen-bond acceptors (Lipinski definition) is 3. The molecule has 138 valence electrons. The van der Waals surface area contributed by atoms with E-state index in [1.165, 1.54) is 13.2 Å². The van der Waals surface area contributed by atoms with Crippen LogP contribution in [-0.4, -0.2) is 36.0 Å². The molecule has 3 aliphatic carbocycles. The van der Waals surface area contributed by atoms with E-state index in [9.17, 15) is 9.59 Å². The van der Waals surface area contributed by atoms with Crippen molar-refractivity contribution < 1.29 is 18.7 Å². The summed E-state index contributed by atoms with van der Waals surface area (Å²) < 4.78 is 19.8. The number of carbonyl (C=O) groups excluding carboxylic acids is 2. The zero-order valence-electron chi connectivity index (χ0n) is 15.0. The summed E-state index contributed by atoms with van der Waals surface area (Å²) in [6, 6.07) is 5.35. The molecule has 5 heteroatoms. The van der Waals surface area contributed by atoms with Crippen LogP contribution < -0.4 is 0 Å². The van der Waals surface area contributed by atoms with Gasteiger partial charge >= 0.3 is 5.97 Å². The van der Waals surface area contributed by atoms with Crippen LogP contribution in [0.1, 0.15) is 66.8 Å². The van der Waals surface area contributed by atoms with Gasteiger partial charge in [-0.15, -0.1) is 0 Å². The topological polar surface area (TPSA) is 46.6 Å². The lowest BCUT2D eigenvalue weighted by molar-refractivity contribution is -0.181. The van der Waals surface area contributed by atoms with Crippen molar-refractivity contribution in [2.24, 2.45) is 11.3 Å². The number of amides is 1. The average Bonchev–Trinajstić information content (AvgIpc) is 2.86. The lowest BCUT2D eigenvalue weighted by Gasteiger charge is -2.62. The second-order valence-electron chi connectivity index (χ2n) is 8.65. The van der Waals surface area contributed by atoms with E-state index in [0.717, 1.165) is 50.9 Å². The number of benzene rings is 1. The van der Waals surface area contributed by atoms with E-state index in [1.54, 1.807) is 12.1 Å². The van der Waals surface area contributed by atoms with Gasteiger partial charge in [0.15, 0.2) is 0 Å². The number of nitrogens with zero attached hydrogens (tertiary/aromatic N) is 1. The van der Waals surface area contributed by atoms with Gasteiger partial charge in [0.2, 0.25) is 5.91 Å². The van der Waals surface area contributed by atoms with E-state index in [4.69, 9.17) is 4.74 Å². The summed E-state index contributed by atoms with van der Waals surface area (Å²) in [5.41, 5.74) is 0.468. The largest absolute Gasteiger partial charge is 0.465 e. The molecule has 5 fully saturated rings. The fourth-order valence-electron chi connectivity index (χ4n) is 5.95. The van der Waals surface area contributed by atoms with Gasteiger partial charge in [0.25, 0.3) is 0 Å². The fraction of sp³-hybridized carbons (Fsp3) is 0.619. The summed E-state index contributed by atoms with van der Waals surface area (Å²) in [5, 5.41) is 0. The number of methoxy groups -OCH3 is 1. The Balaban J connectivity index is 1.47. The molecule has 2 saturated heterocycles. The van der Waals surface area contributed by atoms with Gasteiger partial charge in [0.1, 0.15) is 5.82 Å². The van der Waals surface area contributed by atoms with Crippen molar-refractivity contribution in [1.29, 1.82) is 0 Å². The first kappa shape index (κ1) is 16.3. The van der Waals surface area contributed by atoms with Crippen molar-refractivity contribution in [3.63, 3.8) is 0 Å². The number of hydrogen-bond donors (Lipinski definition) is 0. The molecule has 6 rings (SSSR count). The minimum Gasteiger partial charge on any atom is -0.465 e. The Kier molecular flexibility index (Phi) is 3.47. The number of esters is 1. The smallest absolute Gasteiger partial charge is 0.340 e. The van der Waals surface area contributed by atoms with Crippen molar-refractivity contribution in [2.45, 2.75) is 62.9 Å². The van der Waals surface area contributed by atoms with Crippen LogP contribution in [0.5, 0.6) is 0 Å². The van der Waals surface area contributed by atoms with Gasteiger partial charge in [0.05, 0.1) is 18.1 Å². The molecule has 4 bridgehead atoms. The molecule has 2 unspecified atom stereocenters. The van der Waals surface area contributed by atoms with Gasteiger partial charge in [-0.2, -0.15) is 0 Å². The second kappa shape index (κ2) is 5.54. The first-order valence-electron chi connectivity index (χ1n) is 9.73. The maximum Gasteiger partial charge on any atom is 0.340 e. The number of fused-ring (bicyclic) bond motifs is 2. The number of rotatable bonds is 3. The van der Waals surface area contributed by atoms with E-state index >= 15 is 4.39 Å². The molecule has 3 saturated carbocycles. The standard InChI is InChI=1S/C21H24FNO3/c1-26-19(24)16-4-2-3-15(18(16)22)14-7-5-13-6-8-17(14)23(13)20(25)21-9-12(10-21)11-21/h2-4,12-14,17H,5-11H2,1H3/t12?,13-,14?,17?,21?/m1/s1. The Hall–Kier alpha value is -1.91. The molecule has 2 aliphatic heterocycles. The molecule has 0 N–H and O–H groups in total. The van der Waals surface area contributed by atoms with Gasteiger partial charge in [-0.05, 0) is 62.5 Å². The molecule has 26 heavy (non-hydrogen) atoms. The predicted molar refractivity (Wildman–Crippen MR) is 93.1 cm³/mol. The number of halogens is 1. The van der Waals surface area contributed by atoms with Crippen LogP contribution in [-0.2, 0) is 9.53 Å². The highest BCUT2D eigenvalue weighted by Crippen LogP contribution is 2.66. The summed E-state index contributed by atoms with van der Waals surface area (Å²) in [5.74, 6) is -0.0679. The van der Waals surface area contributed by atoms with Crippen molar-refractivity contribution >= 4 is 11.9 Å². The summed E-state index contributed by atoms with van der Waals surface area (Å²) in [4.78, 5) is 27.2. The highest BCUT2D eigenvalue weighted by Gasteiger charge is 2.64. The Morgan fingerprint density at radius 2 is 1.88 bits per heavy atom. The van der Waals surface area contributed by atoms with Crippen LogP contribution >= 0.6 is 0 Å². The molecule has 1 amide bonds. The van der Waals surface area contributed by atoms with Crippen LogP contribution in [0.15, 0.2) is 18.2 Å². The van der Waals surface area contributed by atoms with Crippen LogP contribution in [0.25, 0.3) is 0 Å². The molecule has 3 atom stereocenters. The quantitative estimate of drug-likeness (QED) is 0.776. The molecule has 1 aromatic rings. The van der Waals surface area contributed by atoms with Crippen molar-refractivity contribution in [3.8, 4) is 0 Å². The van der Waals surface area contributed by atoms with Crippen molar-refractivity contribution in [1.82, 2.24) is 4.90 Å². The highest BCUT2D eigenvalue weighted by molar-refractivity contribution is 5.90. The fourth-order valence-corrected chi connectivity index (χ4v) is 5.95. The zero-order valence-corrected chi connectivity index (χ0v) is 15.0. The zero-order chi connectivity index (χ0) is 18.1. The van der Waals surface area contributed by atoms with Crippen LogP contribution in [0, 0.1) is 17.2 Å². The van der Waals surface area contributed by atoms with E-state index in [-0.39, 0.29) is 22.9 Å². The summed E-state index contributed by atoms with van der Waals surface area (Å²) >= 11 is 0. The normalized spacial score (nSPS) is 36.9. The van der Waals surface area contributed by atoms with Gasteiger partial charge in [0, 0.05) is 18.0 Å². The number of carbonyl (C=O) groups is 2. The maximum atomic E-state index is 15.1. The van der Waals surface area contributed by atoms with Crippen LogP contribution in [0.2, 0.25) is 0 Å². The van der Waals surface area contributed by atoms with E-state index in [1.807, 2.05) is 0 Å². The van der Waals surface area contributed by atoms with Crippen LogP contribution in [0.3, 0.4) is 0 Å². The van der Waals surface area contributed by atoms with Gasteiger partial charge in [-0.25, -0.2) is 9.18 Å². The molecule has 5 aliphatic rings. The lowest BCUT2D eigenvalue weighted by atomic mass is 9.44. The molecule has 4 nitrogen and oxygen atoms in total. The molecule has 2 heterocycles. The minimum absolute atomic E-state index is 0.0116. The predicted octanol–water partition coefficient (Wildman–Crippen LogP) is 3.65. The SMILES string of the molecule is COC(=O)c1cccc(C2CC[C@@H]3CCC2N3C(=O)C23CC(C2)C3)c1F. The summed E-state index contributed by atoms with van der Waals surface area (Å²) in [6.45, 7) is 0. The third kappa shape index (κ3) is 2.06. The number of ether oxygens (including phenoxy) is 1. The van der Waals surface area contributed by atoms with Gasteiger partial charge in [-0.1, -0.05) is 12.1 Å². The molecule has 0 spiro atoms. The summed E-state index contributed by atoms with van der Waals surface area (Å²) in [7, 11) is 1.26. The van der Waals surface area contributed by atoms with Crippen LogP contribution in [0.4, 0.5) is 4.39 Å². The molecule has 0 radical (unpaired) electrons. The lowest BCUT2D eigenvalue weighted by Crippen LogP contribution is -2.64. The summed E-state index contributed by atoms with van der Waals surface area (Å²) in [6.07, 6.45) is 6.91. The second-order valence-corrected chi connectivity index (χ2v) is 8.65.